The number of carbonyl (C=O) groups is 1. The molecule has 3 aromatic carbocycles. The Morgan fingerprint density at radius 2 is 1.77 bits per heavy atom. The summed E-state index contributed by atoms with van der Waals surface area (Å²) in [6, 6.07) is 15.1. The number of ether oxygens (including phenoxy) is 5. The van der Waals surface area contributed by atoms with E-state index < -0.39 is 12.0 Å². The van der Waals surface area contributed by atoms with Gasteiger partial charge in [0.05, 0.1) is 66.4 Å². The first kappa shape index (κ1) is 33.8. The standard InChI is InChI=1S/C34H29BrClN3O7S/c1-6-45-33(41)29-18(2)38-34-39(30(29)22-14-25(42-3)26(43-4)15-23(22)35)32(40)28(47-34)13-21-11-24(36)31(27(12-21)44-5)46-17-20-9-7-19(16-37)8-10-20/h7-15,30H,6,17H2,1-5H3/b28-13-/t30-/m0/s1. The van der Waals surface area contributed by atoms with Crippen LogP contribution in [-0.4, -0.2) is 38.5 Å². The average Bonchev–Trinajstić information content (AvgIpc) is 3.37. The van der Waals surface area contributed by atoms with Crippen LogP contribution >= 0.6 is 38.9 Å². The predicted molar refractivity (Wildman–Crippen MR) is 181 cm³/mol. The number of allylic oxidation sites excluding steroid dienone is 1. The van der Waals surface area contributed by atoms with Gasteiger partial charge in [0.15, 0.2) is 27.8 Å². The van der Waals surface area contributed by atoms with Crippen molar-refractivity contribution in [2.45, 2.75) is 26.5 Å². The predicted octanol–water partition coefficient (Wildman–Crippen LogP) is 5.69. The molecule has 13 heteroatoms. The van der Waals surface area contributed by atoms with Crippen molar-refractivity contribution in [3.63, 3.8) is 0 Å². The van der Waals surface area contributed by atoms with E-state index in [2.05, 4.69) is 27.0 Å². The monoisotopic (exact) mass is 737 g/mol. The highest BCUT2D eigenvalue weighted by Crippen LogP contribution is 2.41. The van der Waals surface area contributed by atoms with E-state index in [0.29, 0.717) is 59.2 Å². The average molecular weight is 739 g/mol. The van der Waals surface area contributed by atoms with Crippen molar-refractivity contribution in [2.24, 2.45) is 4.99 Å². The Kier molecular flexibility index (Phi) is 10.4. The SMILES string of the molecule is CCOC(=O)C1=C(C)N=c2s/c(=C\c3cc(Cl)c(OCc4ccc(C#N)cc4)c(OC)c3)c(=O)n2[C@H]1c1cc(OC)c(OC)cc1Br. The van der Waals surface area contributed by atoms with Crippen LogP contribution in [0.1, 0.15) is 42.1 Å². The van der Waals surface area contributed by atoms with Crippen molar-refractivity contribution in [1.82, 2.24) is 4.57 Å². The van der Waals surface area contributed by atoms with Crippen molar-refractivity contribution in [3.8, 4) is 29.1 Å². The van der Waals surface area contributed by atoms with Gasteiger partial charge >= 0.3 is 5.97 Å². The van der Waals surface area contributed by atoms with E-state index in [0.717, 1.165) is 5.56 Å². The van der Waals surface area contributed by atoms with E-state index in [1.54, 1.807) is 68.5 Å². The molecule has 0 saturated carbocycles. The van der Waals surface area contributed by atoms with Crippen LogP contribution in [-0.2, 0) is 16.1 Å². The summed E-state index contributed by atoms with van der Waals surface area (Å²) in [5.74, 6) is 1.03. The van der Waals surface area contributed by atoms with Crippen LogP contribution in [0, 0.1) is 11.3 Å². The smallest absolute Gasteiger partial charge is 0.338 e. The number of benzene rings is 3. The lowest BCUT2D eigenvalue weighted by atomic mass is 9.95. The van der Waals surface area contributed by atoms with E-state index >= 15 is 0 Å². The second kappa shape index (κ2) is 14.5. The molecule has 2 heterocycles. The van der Waals surface area contributed by atoms with Crippen LogP contribution in [0.4, 0.5) is 0 Å². The normalized spacial score (nSPS) is 14.2. The first-order valence-electron chi connectivity index (χ1n) is 14.2. The lowest BCUT2D eigenvalue weighted by Gasteiger charge is -2.26. The van der Waals surface area contributed by atoms with E-state index in [-0.39, 0.29) is 29.4 Å². The van der Waals surface area contributed by atoms with Gasteiger partial charge < -0.3 is 23.7 Å². The van der Waals surface area contributed by atoms with Crippen LogP contribution in [0.15, 0.2) is 74.1 Å². The Morgan fingerprint density at radius 1 is 1.09 bits per heavy atom. The number of aromatic nitrogens is 1. The van der Waals surface area contributed by atoms with Crippen molar-refractivity contribution < 1.29 is 28.5 Å². The zero-order valence-electron chi connectivity index (χ0n) is 26.1. The maximum atomic E-state index is 14.2. The minimum Gasteiger partial charge on any atom is -0.493 e. The summed E-state index contributed by atoms with van der Waals surface area (Å²) in [6.45, 7) is 3.78. The summed E-state index contributed by atoms with van der Waals surface area (Å²) in [5.41, 5.74) is 2.86. The lowest BCUT2D eigenvalue weighted by Crippen LogP contribution is -2.40. The number of nitrogens with zero attached hydrogens (tertiary/aromatic N) is 3. The van der Waals surface area contributed by atoms with Crippen LogP contribution in [0.3, 0.4) is 0 Å². The molecule has 0 unspecified atom stereocenters. The first-order valence-corrected chi connectivity index (χ1v) is 16.2. The maximum absolute atomic E-state index is 14.2. The molecule has 0 saturated heterocycles. The summed E-state index contributed by atoms with van der Waals surface area (Å²) < 4.78 is 30.4. The number of fused-ring (bicyclic) bond motifs is 1. The van der Waals surface area contributed by atoms with Crippen LogP contribution < -0.4 is 33.8 Å². The van der Waals surface area contributed by atoms with E-state index in [9.17, 15) is 9.59 Å². The number of esters is 1. The van der Waals surface area contributed by atoms with E-state index in [4.69, 9.17) is 40.5 Å². The Balaban J connectivity index is 1.60. The summed E-state index contributed by atoms with van der Waals surface area (Å²) in [7, 11) is 4.53. The van der Waals surface area contributed by atoms with Crippen molar-refractivity contribution in [3.05, 3.63) is 111 Å². The number of methoxy groups -OCH3 is 3. The zero-order chi connectivity index (χ0) is 33.8. The molecule has 0 bridgehead atoms. The third-order valence-corrected chi connectivity index (χ3v) is 9.28. The number of thiazole rings is 1. The topological polar surface area (TPSA) is 121 Å². The largest absolute Gasteiger partial charge is 0.493 e. The fourth-order valence-electron chi connectivity index (χ4n) is 5.11. The van der Waals surface area contributed by atoms with Gasteiger partial charge in [0.1, 0.15) is 6.61 Å². The number of nitriles is 1. The minimum atomic E-state index is -0.877. The number of hydrogen-bond donors (Lipinski definition) is 0. The number of carbonyl (C=O) groups excluding carboxylic acids is 1. The zero-order valence-corrected chi connectivity index (χ0v) is 29.2. The van der Waals surface area contributed by atoms with Gasteiger partial charge in [-0.25, -0.2) is 9.79 Å². The quantitative estimate of drug-likeness (QED) is 0.190. The molecular weight excluding hydrogens is 710 g/mol. The number of hydrogen-bond acceptors (Lipinski definition) is 10. The van der Waals surface area contributed by atoms with Crippen LogP contribution in [0.5, 0.6) is 23.0 Å². The molecule has 0 radical (unpaired) electrons. The molecule has 1 atom stereocenters. The number of rotatable bonds is 10. The van der Waals surface area contributed by atoms with Crippen LogP contribution in [0.2, 0.25) is 5.02 Å². The Hall–Kier alpha value is -4.57. The molecule has 1 aromatic heterocycles. The first-order chi connectivity index (χ1) is 22.6. The Morgan fingerprint density at radius 3 is 2.40 bits per heavy atom. The molecule has 0 aliphatic carbocycles. The molecule has 4 aromatic rings. The summed E-state index contributed by atoms with van der Waals surface area (Å²) in [4.78, 5) is 32.5. The Bertz CT molecular complexity index is 2120. The highest BCUT2D eigenvalue weighted by atomic mass is 79.9. The van der Waals surface area contributed by atoms with Crippen LogP contribution in [0.25, 0.3) is 6.08 Å². The molecule has 0 N–H and O–H groups in total. The molecular formula is C34H29BrClN3O7S. The Labute approximate surface area is 287 Å². The summed E-state index contributed by atoms with van der Waals surface area (Å²) >= 11 is 11.4. The molecule has 5 rings (SSSR count). The second-order valence-electron chi connectivity index (χ2n) is 10.2. The van der Waals surface area contributed by atoms with E-state index in [1.807, 2.05) is 0 Å². The lowest BCUT2D eigenvalue weighted by molar-refractivity contribution is -0.139. The van der Waals surface area contributed by atoms with Gasteiger partial charge in [-0.2, -0.15) is 5.26 Å². The van der Waals surface area contributed by atoms with Crippen molar-refractivity contribution in [1.29, 1.82) is 5.26 Å². The fraction of sp³-hybridized carbons (Fsp3) is 0.235. The molecule has 1 aliphatic rings. The number of halogens is 2. The molecule has 0 fully saturated rings. The molecule has 1 aliphatic heterocycles. The van der Waals surface area contributed by atoms with Gasteiger partial charge in [0.25, 0.3) is 5.56 Å². The van der Waals surface area contributed by atoms with Gasteiger partial charge in [-0.1, -0.05) is 51.0 Å². The van der Waals surface area contributed by atoms with Gasteiger partial charge in [-0.3, -0.25) is 9.36 Å². The van der Waals surface area contributed by atoms with Gasteiger partial charge in [0.2, 0.25) is 0 Å². The van der Waals surface area contributed by atoms with Crippen molar-refractivity contribution >= 4 is 50.9 Å². The molecule has 47 heavy (non-hydrogen) atoms. The van der Waals surface area contributed by atoms with Gasteiger partial charge in [0, 0.05) is 4.47 Å². The fourth-order valence-corrected chi connectivity index (χ4v) is 6.97. The summed E-state index contributed by atoms with van der Waals surface area (Å²) in [6.07, 6.45) is 1.69. The maximum Gasteiger partial charge on any atom is 0.338 e. The third kappa shape index (κ3) is 6.79. The third-order valence-electron chi connectivity index (χ3n) is 7.33. The second-order valence-corrected chi connectivity index (χ2v) is 12.4. The van der Waals surface area contributed by atoms with Gasteiger partial charge in [-0.05, 0) is 73.0 Å². The summed E-state index contributed by atoms with van der Waals surface area (Å²) in [5, 5.41) is 9.32. The highest BCUT2D eigenvalue weighted by Gasteiger charge is 2.35. The molecule has 10 nitrogen and oxygen atoms in total. The van der Waals surface area contributed by atoms with Crippen molar-refractivity contribution in [2.75, 3.05) is 27.9 Å². The molecule has 0 spiro atoms. The minimum absolute atomic E-state index is 0.148. The van der Waals surface area contributed by atoms with E-state index in [1.165, 1.54) is 37.2 Å². The molecule has 0 amide bonds. The molecule has 242 valence electrons. The highest BCUT2D eigenvalue weighted by molar-refractivity contribution is 9.10. The van der Waals surface area contributed by atoms with Gasteiger partial charge in [-0.15, -0.1) is 0 Å².